The maximum absolute atomic E-state index is 13.0. The van der Waals surface area contributed by atoms with E-state index < -0.39 is 0 Å². The number of benzene rings is 1. The van der Waals surface area contributed by atoms with Crippen LogP contribution in [-0.4, -0.2) is 76.1 Å². The lowest BCUT2D eigenvalue weighted by Gasteiger charge is -2.48. The quantitative estimate of drug-likeness (QED) is 0.424. The van der Waals surface area contributed by atoms with Crippen LogP contribution >= 0.6 is 0 Å². The summed E-state index contributed by atoms with van der Waals surface area (Å²) < 4.78 is 6.72. The highest BCUT2D eigenvalue weighted by atomic mass is 16.5. The Morgan fingerprint density at radius 2 is 1.83 bits per heavy atom. The van der Waals surface area contributed by atoms with E-state index >= 15 is 0 Å². The number of ether oxygens (including phenoxy) is 1. The molecule has 0 unspecified atom stereocenters. The topological polar surface area (TPSA) is 110 Å². The molecule has 3 fully saturated rings. The van der Waals surface area contributed by atoms with Crippen molar-refractivity contribution >= 4 is 18.2 Å². The molecule has 1 aliphatic carbocycles. The second-order valence-electron chi connectivity index (χ2n) is 12.0. The van der Waals surface area contributed by atoms with Gasteiger partial charge in [-0.15, -0.1) is 0 Å². The fourth-order valence-corrected chi connectivity index (χ4v) is 5.72. The summed E-state index contributed by atoms with van der Waals surface area (Å²) in [4.78, 5) is 43.5. The first kappa shape index (κ1) is 28.3. The zero-order chi connectivity index (χ0) is 29.0. The fraction of sp³-hybridized carbons (Fsp3) is 0.452. The Labute approximate surface area is 242 Å². The maximum atomic E-state index is 13.0. The first-order chi connectivity index (χ1) is 19.7. The Balaban J connectivity index is 0.000000264. The molecule has 2 aliphatic heterocycles. The molecule has 1 atom stereocenters. The van der Waals surface area contributed by atoms with Crippen molar-refractivity contribution in [2.24, 2.45) is 16.7 Å². The van der Waals surface area contributed by atoms with Crippen molar-refractivity contribution in [3.05, 3.63) is 77.7 Å². The van der Waals surface area contributed by atoms with Crippen LogP contribution in [0.25, 0.3) is 0 Å². The monoisotopic (exact) mass is 560 g/mol. The Bertz CT molecular complexity index is 1390. The normalized spacial score (nSPS) is 19.5. The van der Waals surface area contributed by atoms with E-state index in [2.05, 4.69) is 41.4 Å². The summed E-state index contributed by atoms with van der Waals surface area (Å²) in [6.45, 7) is 8.53. The van der Waals surface area contributed by atoms with Crippen LogP contribution in [0.1, 0.15) is 49.7 Å². The van der Waals surface area contributed by atoms with E-state index in [0.29, 0.717) is 36.9 Å². The third-order valence-corrected chi connectivity index (χ3v) is 8.33. The van der Waals surface area contributed by atoms with Gasteiger partial charge < -0.3 is 19.9 Å². The van der Waals surface area contributed by atoms with Crippen molar-refractivity contribution in [2.45, 2.75) is 39.8 Å². The number of amides is 3. The summed E-state index contributed by atoms with van der Waals surface area (Å²) in [5, 5.41) is 6.88. The third-order valence-electron chi connectivity index (χ3n) is 8.33. The summed E-state index contributed by atoms with van der Waals surface area (Å²) in [5.74, 6) is 1.12. The molecule has 6 rings (SSSR count). The highest BCUT2D eigenvalue weighted by Gasteiger charge is 2.57. The van der Waals surface area contributed by atoms with Gasteiger partial charge in [-0.3, -0.25) is 19.1 Å². The van der Waals surface area contributed by atoms with E-state index in [1.165, 1.54) is 0 Å². The molecular formula is C31H40N6O4. The number of pyridine rings is 1. The summed E-state index contributed by atoms with van der Waals surface area (Å²) >= 11 is 0. The minimum Gasteiger partial charge on any atom is -0.481 e. The second kappa shape index (κ2) is 11.7. The van der Waals surface area contributed by atoms with Crippen LogP contribution in [0.5, 0.6) is 5.88 Å². The molecular weight excluding hydrogens is 520 g/mol. The standard InChI is InChI=1S/C23H28N4O2.C8H10N2O2.H2/c1-22(2)10-19(22)21(29)26-15-23(16-26)8-9-25(14-23)20(28)18-11-24-27(13-18)12-17-6-4-3-5-7-17;1-12-8-4-2-3-7(10-8)5-9-6-11;/h3-7,11,13,19H,8-10,12,14-16H2,1-2H3;2-4,6H,5H2,1H3,(H,9,11);1H/t19-;;/m1../s1. The number of aromatic nitrogens is 3. The van der Waals surface area contributed by atoms with Crippen molar-refractivity contribution < 1.29 is 20.5 Å². The van der Waals surface area contributed by atoms with Crippen molar-refractivity contribution in [3.63, 3.8) is 0 Å². The zero-order valence-corrected chi connectivity index (χ0v) is 24.0. The average molecular weight is 561 g/mol. The number of methoxy groups -OCH3 is 1. The molecule has 1 N–H and O–H groups in total. The van der Waals surface area contributed by atoms with Gasteiger partial charge in [-0.05, 0) is 29.9 Å². The molecule has 218 valence electrons. The van der Waals surface area contributed by atoms with Gasteiger partial charge in [0.1, 0.15) is 0 Å². The molecule has 2 aromatic heterocycles. The molecule has 10 heteroatoms. The van der Waals surface area contributed by atoms with E-state index in [9.17, 15) is 14.4 Å². The number of hydrogen-bond acceptors (Lipinski definition) is 6. The van der Waals surface area contributed by atoms with Gasteiger partial charge >= 0.3 is 0 Å². The van der Waals surface area contributed by atoms with Gasteiger partial charge in [0.05, 0.1) is 37.7 Å². The van der Waals surface area contributed by atoms with Crippen LogP contribution in [0.4, 0.5) is 0 Å². The summed E-state index contributed by atoms with van der Waals surface area (Å²) in [6.07, 6.45) is 6.14. The summed E-state index contributed by atoms with van der Waals surface area (Å²) in [7, 11) is 1.55. The largest absolute Gasteiger partial charge is 0.481 e. The molecule has 3 amide bonds. The zero-order valence-electron chi connectivity index (χ0n) is 24.0. The van der Waals surface area contributed by atoms with Gasteiger partial charge in [0, 0.05) is 51.2 Å². The SMILES string of the molecule is CC1(C)C[C@@H]1C(=O)N1CC2(CCN(C(=O)c3cnn(Cc4ccccc4)c3)C2)C1.COc1cccc(CNC=O)n1.[HH]. The predicted molar refractivity (Wildman–Crippen MR) is 155 cm³/mol. The van der Waals surface area contributed by atoms with E-state index in [0.717, 1.165) is 50.3 Å². The van der Waals surface area contributed by atoms with Crippen LogP contribution in [0, 0.1) is 16.7 Å². The van der Waals surface area contributed by atoms with Gasteiger partial charge in [0.15, 0.2) is 0 Å². The van der Waals surface area contributed by atoms with Gasteiger partial charge in [0.2, 0.25) is 18.2 Å². The molecule has 1 aromatic carbocycles. The van der Waals surface area contributed by atoms with Crippen LogP contribution in [0.3, 0.4) is 0 Å². The summed E-state index contributed by atoms with van der Waals surface area (Å²) in [5.41, 5.74) is 2.86. The van der Waals surface area contributed by atoms with Crippen LogP contribution in [0.15, 0.2) is 60.9 Å². The minimum atomic E-state index is 0. The first-order valence-electron chi connectivity index (χ1n) is 14.0. The van der Waals surface area contributed by atoms with Crippen LogP contribution in [-0.2, 0) is 22.7 Å². The van der Waals surface area contributed by atoms with E-state index in [1.54, 1.807) is 19.4 Å². The predicted octanol–water partition coefficient (Wildman–Crippen LogP) is 3.23. The number of carbonyl (C=O) groups is 3. The van der Waals surface area contributed by atoms with Crippen molar-refractivity contribution in [2.75, 3.05) is 33.3 Å². The highest BCUT2D eigenvalue weighted by Crippen LogP contribution is 2.54. The van der Waals surface area contributed by atoms with Gasteiger partial charge in [-0.2, -0.15) is 5.10 Å². The average Bonchev–Trinajstić information content (AvgIpc) is 3.31. The van der Waals surface area contributed by atoms with E-state index in [4.69, 9.17) is 4.74 Å². The van der Waals surface area contributed by atoms with E-state index in [-0.39, 0.29) is 24.1 Å². The minimum absolute atomic E-state index is 0. The number of rotatable bonds is 8. The Hall–Kier alpha value is -4.21. The number of nitrogens with one attached hydrogen (secondary N) is 1. The number of likely N-dealkylation sites (tertiary alicyclic amines) is 2. The molecule has 0 bridgehead atoms. The Morgan fingerprint density at radius 3 is 2.51 bits per heavy atom. The Morgan fingerprint density at radius 1 is 1.10 bits per heavy atom. The number of carbonyl (C=O) groups excluding carboxylic acids is 3. The van der Waals surface area contributed by atoms with Gasteiger partial charge in [-0.25, -0.2) is 4.98 Å². The van der Waals surface area contributed by atoms with Gasteiger partial charge in [0.25, 0.3) is 5.91 Å². The smallest absolute Gasteiger partial charge is 0.257 e. The highest BCUT2D eigenvalue weighted by molar-refractivity contribution is 5.94. The molecule has 2 saturated heterocycles. The lowest BCUT2D eigenvalue weighted by Crippen LogP contribution is -2.60. The molecule has 3 aromatic rings. The maximum Gasteiger partial charge on any atom is 0.257 e. The lowest BCUT2D eigenvalue weighted by atomic mass is 9.78. The molecule has 3 aliphatic rings. The van der Waals surface area contributed by atoms with Crippen molar-refractivity contribution in [1.82, 2.24) is 29.9 Å². The van der Waals surface area contributed by atoms with Gasteiger partial charge in [-0.1, -0.05) is 50.2 Å². The second-order valence-corrected chi connectivity index (χ2v) is 12.0. The molecule has 0 radical (unpaired) electrons. The first-order valence-corrected chi connectivity index (χ1v) is 14.0. The van der Waals surface area contributed by atoms with Crippen LogP contribution in [0.2, 0.25) is 0 Å². The Kier molecular flexibility index (Phi) is 8.10. The number of nitrogens with zero attached hydrogens (tertiary/aromatic N) is 5. The summed E-state index contributed by atoms with van der Waals surface area (Å²) in [6, 6.07) is 15.5. The molecule has 1 saturated carbocycles. The molecule has 4 heterocycles. The lowest BCUT2D eigenvalue weighted by molar-refractivity contribution is -0.144. The fourth-order valence-electron chi connectivity index (χ4n) is 5.72. The van der Waals surface area contributed by atoms with Crippen molar-refractivity contribution in [1.29, 1.82) is 0 Å². The molecule has 41 heavy (non-hydrogen) atoms. The number of hydrogen-bond donors (Lipinski definition) is 1. The van der Waals surface area contributed by atoms with E-state index in [1.807, 2.05) is 51.0 Å². The third kappa shape index (κ3) is 6.58. The molecule has 10 nitrogen and oxygen atoms in total. The van der Waals surface area contributed by atoms with Crippen molar-refractivity contribution in [3.8, 4) is 5.88 Å². The van der Waals surface area contributed by atoms with Crippen LogP contribution < -0.4 is 10.1 Å². The molecule has 1 spiro atoms.